The molecule has 5 heterocycles. The fraction of sp³-hybridized carbons (Fsp3) is 0.0130. The highest BCUT2D eigenvalue weighted by molar-refractivity contribution is 6.00. The van der Waals surface area contributed by atoms with Crippen LogP contribution in [0.4, 0.5) is 22.7 Å². The fourth-order valence-corrected chi connectivity index (χ4v) is 10.6. The van der Waals surface area contributed by atoms with Gasteiger partial charge in [0.25, 0.3) is 0 Å². The average Bonchev–Trinajstić information content (AvgIpc) is 3.10. The highest BCUT2D eigenvalue weighted by atomic mass is 14.8. The zero-order valence-corrected chi connectivity index (χ0v) is 46.2. The molecule has 11 aromatic rings. The van der Waals surface area contributed by atoms with Crippen LogP contribution in [0.1, 0.15) is 72.8 Å². The van der Waals surface area contributed by atoms with E-state index in [1.54, 1.807) is 0 Å². The van der Waals surface area contributed by atoms with Crippen molar-refractivity contribution in [2.24, 2.45) is 0 Å². The van der Waals surface area contributed by atoms with Crippen LogP contribution >= 0.6 is 0 Å². The fourth-order valence-electron chi connectivity index (χ4n) is 10.6. The zero-order chi connectivity index (χ0) is 57.8. The maximum absolute atomic E-state index is 6.10. The molecule has 0 atom stereocenters. The van der Waals surface area contributed by atoms with Crippen molar-refractivity contribution < 1.29 is 0 Å². The van der Waals surface area contributed by atoms with Crippen LogP contribution in [0.25, 0.3) is 90.9 Å². The lowest BCUT2D eigenvalue weighted by Crippen LogP contribution is -1.90. The molecule has 400 valence electrons. The first kappa shape index (κ1) is 52.2. The standard InChI is InChI=1S/C77H52N8/c1-49-44-72-75(60-34-26-52(27-35-60)16-20-56-8-4-12-64(80)47-56)70-41-40-68(83-70)73(58-30-22-50(23-31-58)14-18-54-6-2-10-62(78)45-54)66-38-39-67(82-66)74(59-32-24-51(25-33-59)15-19-55-7-3-11-63(79)46-55)69-42-43-71(84-69)76(77(49)85-72)61-36-28-53(29-37-61)17-21-57-9-5-13-65(81)48-57/h2-13,22-48,82,85H,78-81H2,1H3. The Bertz CT molecular complexity index is 4990. The molecule has 3 aromatic heterocycles. The molecule has 0 spiro atoms. The topological polar surface area (TPSA) is 161 Å². The smallest absolute Gasteiger partial charge is 0.0737 e. The van der Waals surface area contributed by atoms with Crippen LogP contribution < -0.4 is 22.9 Å². The summed E-state index contributed by atoms with van der Waals surface area (Å²) in [5, 5.41) is 0. The second-order valence-electron chi connectivity index (χ2n) is 20.8. The molecule has 8 bridgehead atoms. The Kier molecular flexibility index (Phi) is 14.0. The number of H-pyrrole nitrogens is 2. The second-order valence-corrected chi connectivity index (χ2v) is 20.8. The van der Waals surface area contributed by atoms with Gasteiger partial charge >= 0.3 is 0 Å². The van der Waals surface area contributed by atoms with E-state index in [-0.39, 0.29) is 0 Å². The number of fused-ring (bicyclic) bond motifs is 8. The number of aromatic amines is 2. The predicted molar refractivity (Wildman–Crippen MR) is 353 cm³/mol. The lowest BCUT2D eigenvalue weighted by Gasteiger charge is -2.08. The summed E-state index contributed by atoms with van der Waals surface area (Å²) in [5.74, 6) is 26.5. The molecular weight excluding hydrogens is 1040 g/mol. The van der Waals surface area contributed by atoms with Crippen molar-refractivity contribution in [3.63, 3.8) is 0 Å². The normalized spacial score (nSPS) is 11.1. The Hall–Kier alpha value is -12.2. The van der Waals surface area contributed by atoms with Gasteiger partial charge < -0.3 is 32.9 Å². The number of aromatic nitrogens is 4. The first-order valence-corrected chi connectivity index (χ1v) is 27.7. The van der Waals surface area contributed by atoms with Crippen molar-refractivity contribution in [3.05, 3.63) is 285 Å². The Morgan fingerprint density at radius 1 is 0.282 bits per heavy atom. The summed E-state index contributed by atoms with van der Waals surface area (Å²) >= 11 is 0. The summed E-state index contributed by atoms with van der Waals surface area (Å²) in [6.45, 7) is 2.14. The minimum Gasteiger partial charge on any atom is -0.399 e. The summed E-state index contributed by atoms with van der Waals surface area (Å²) in [4.78, 5) is 19.0. The van der Waals surface area contributed by atoms with Gasteiger partial charge in [-0.1, -0.05) is 120 Å². The van der Waals surface area contributed by atoms with Crippen LogP contribution in [0.15, 0.2) is 212 Å². The molecule has 0 fully saturated rings. The third-order valence-corrected chi connectivity index (χ3v) is 14.7. The molecule has 10 N–H and O–H groups in total. The number of nitrogens with zero attached hydrogens (tertiary/aromatic N) is 2. The lowest BCUT2D eigenvalue weighted by atomic mass is 10.0. The Morgan fingerprint density at radius 3 is 0.882 bits per heavy atom. The number of aryl methyl sites for hydroxylation is 1. The maximum Gasteiger partial charge on any atom is 0.0737 e. The van der Waals surface area contributed by atoms with Gasteiger partial charge in [-0.15, -0.1) is 0 Å². The van der Waals surface area contributed by atoms with Gasteiger partial charge in [0.1, 0.15) is 0 Å². The first-order chi connectivity index (χ1) is 41.6. The quantitative estimate of drug-likeness (QED) is 0.0760. The number of nitrogen functional groups attached to an aromatic ring is 4. The van der Waals surface area contributed by atoms with Crippen LogP contribution in [-0.4, -0.2) is 19.9 Å². The molecule has 0 unspecified atom stereocenters. The zero-order valence-electron chi connectivity index (χ0n) is 46.2. The van der Waals surface area contributed by atoms with Crippen LogP contribution in [0.5, 0.6) is 0 Å². The van der Waals surface area contributed by atoms with Crippen molar-refractivity contribution in [3.8, 4) is 91.9 Å². The van der Waals surface area contributed by atoms with Crippen LogP contribution in [0, 0.1) is 54.3 Å². The lowest BCUT2D eigenvalue weighted by molar-refractivity contribution is 1.31. The third kappa shape index (κ3) is 11.4. The van der Waals surface area contributed by atoms with E-state index >= 15 is 0 Å². The van der Waals surface area contributed by atoms with E-state index in [9.17, 15) is 0 Å². The van der Waals surface area contributed by atoms with Crippen molar-refractivity contribution in [2.75, 3.05) is 22.9 Å². The predicted octanol–water partition coefficient (Wildman–Crippen LogP) is 15.6. The van der Waals surface area contributed by atoms with E-state index in [0.29, 0.717) is 22.7 Å². The van der Waals surface area contributed by atoms with Crippen molar-refractivity contribution in [1.82, 2.24) is 19.9 Å². The molecule has 0 radical (unpaired) electrons. The molecule has 0 amide bonds. The van der Waals surface area contributed by atoms with Gasteiger partial charge in [0.2, 0.25) is 0 Å². The Labute approximate surface area is 493 Å². The van der Waals surface area contributed by atoms with Gasteiger partial charge in [0, 0.05) is 106 Å². The highest BCUT2D eigenvalue weighted by Gasteiger charge is 2.20. The molecule has 85 heavy (non-hydrogen) atoms. The van der Waals surface area contributed by atoms with Crippen LogP contribution in [0.3, 0.4) is 0 Å². The Balaban J connectivity index is 1.04. The number of nitrogens with one attached hydrogen (secondary N) is 2. The first-order valence-electron chi connectivity index (χ1n) is 27.7. The number of benzene rings is 8. The summed E-state index contributed by atoms with van der Waals surface area (Å²) in [6.07, 6.45) is 8.43. The van der Waals surface area contributed by atoms with E-state index in [2.05, 4.69) is 180 Å². The van der Waals surface area contributed by atoms with E-state index in [1.165, 1.54) is 0 Å². The summed E-state index contributed by atoms with van der Waals surface area (Å²) in [7, 11) is 0. The SMILES string of the molecule is Cc1cc2[nH]c1c(-c1ccc(C#Cc3cccc(N)c3)cc1)c1nc(c(-c3ccc(C#Cc4cccc(N)c4)cc3)c3ccc([nH]3)c(-c3ccc(C#Cc4cccc(N)c4)cc3)c3nc(c2-c2ccc(C#Cc4cccc(N)c4)cc2)C=C3)C=C1. The molecule has 2 aliphatic heterocycles. The number of anilines is 4. The number of rotatable bonds is 4. The Morgan fingerprint density at radius 2 is 0.565 bits per heavy atom. The van der Waals surface area contributed by atoms with Gasteiger partial charge in [-0.3, -0.25) is 0 Å². The van der Waals surface area contributed by atoms with Gasteiger partial charge in [-0.05, 0) is 199 Å². The minimum atomic E-state index is 0.670. The summed E-state index contributed by atoms with van der Waals surface area (Å²) < 4.78 is 0. The molecule has 0 aliphatic carbocycles. The molecule has 8 aromatic carbocycles. The van der Waals surface area contributed by atoms with Crippen molar-refractivity contribution >= 4 is 69.1 Å². The molecule has 0 saturated heterocycles. The number of hydrogen-bond acceptors (Lipinski definition) is 6. The molecule has 13 rings (SSSR count). The molecule has 8 nitrogen and oxygen atoms in total. The van der Waals surface area contributed by atoms with Gasteiger partial charge in [0.15, 0.2) is 0 Å². The van der Waals surface area contributed by atoms with E-state index in [1.807, 2.05) is 121 Å². The molecular formula is C77H52N8. The second kappa shape index (κ2) is 22.7. The molecule has 2 aliphatic rings. The van der Waals surface area contributed by atoms with Gasteiger partial charge in [-0.25, -0.2) is 9.97 Å². The summed E-state index contributed by atoms with van der Waals surface area (Å²) in [6, 6.07) is 70.2. The van der Waals surface area contributed by atoms with E-state index in [4.69, 9.17) is 32.9 Å². The largest absolute Gasteiger partial charge is 0.399 e. The number of hydrogen-bond donors (Lipinski definition) is 6. The minimum absolute atomic E-state index is 0.670. The average molecular weight is 1090 g/mol. The molecule has 8 heteroatoms. The monoisotopic (exact) mass is 1090 g/mol. The van der Waals surface area contributed by atoms with Gasteiger partial charge in [-0.2, -0.15) is 0 Å². The molecule has 0 saturated carbocycles. The number of nitrogens with two attached hydrogens (primary N) is 4. The van der Waals surface area contributed by atoms with Crippen LogP contribution in [-0.2, 0) is 0 Å². The highest BCUT2D eigenvalue weighted by Crippen LogP contribution is 2.40. The van der Waals surface area contributed by atoms with Crippen molar-refractivity contribution in [2.45, 2.75) is 6.92 Å². The van der Waals surface area contributed by atoms with E-state index < -0.39 is 0 Å². The maximum atomic E-state index is 6.10. The summed E-state index contributed by atoms with van der Waals surface area (Å²) in [5.41, 5.74) is 49.1. The van der Waals surface area contributed by atoms with E-state index in [0.717, 1.165) is 139 Å². The van der Waals surface area contributed by atoms with Gasteiger partial charge in [0.05, 0.1) is 28.3 Å². The van der Waals surface area contributed by atoms with Crippen LogP contribution in [0.2, 0.25) is 0 Å². The van der Waals surface area contributed by atoms with Crippen molar-refractivity contribution in [1.29, 1.82) is 0 Å². The third-order valence-electron chi connectivity index (χ3n) is 14.7.